The van der Waals surface area contributed by atoms with E-state index in [0.29, 0.717) is 36.9 Å². The molecule has 0 bridgehead atoms. The van der Waals surface area contributed by atoms with Crippen LogP contribution in [0.4, 0.5) is 5.69 Å². The Kier molecular flexibility index (Phi) is 5.97. The summed E-state index contributed by atoms with van der Waals surface area (Å²) in [6.07, 6.45) is 1.80. The van der Waals surface area contributed by atoms with Crippen molar-refractivity contribution >= 4 is 28.5 Å². The number of benzene rings is 2. The number of non-ortho nitro benzene ring substituents is 1. The number of nitro benzene ring substituents is 1. The molecule has 160 valence electrons. The minimum absolute atomic E-state index is 0.00751. The van der Waals surface area contributed by atoms with E-state index >= 15 is 0 Å². The second-order valence-electron chi connectivity index (χ2n) is 7.79. The molecule has 0 unspecified atom stereocenters. The van der Waals surface area contributed by atoms with Crippen LogP contribution in [-0.4, -0.2) is 41.3 Å². The lowest BCUT2D eigenvalue weighted by molar-refractivity contribution is -0.384. The highest BCUT2D eigenvalue weighted by Crippen LogP contribution is 2.23. The monoisotopic (exact) mass is 421 g/mol. The molecule has 1 N–H and O–H groups in total. The Bertz CT molecular complexity index is 1060. The normalized spacial score (nSPS) is 14.5. The number of hydrogen-bond donors (Lipinski definition) is 1. The summed E-state index contributed by atoms with van der Waals surface area (Å²) in [5.41, 5.74) is 1.44. The second-order valence-corrected chi connectivity index (χ2v) is 7.79. The number of carbonyl (C=O) groups excluding carboxylic acids is 2. The van der Waals surface area contributed by atoms with Crippen LogP contribution in [0.15, 0.2) is 59.0 Å². The summed E-state index contributed by atoms with van der Waals surface area (Å²) >= 11 is 0. The van der Waals surface area contributed by atoms with Crippen molar-refractivity contribution in [1.82, 2.24) is 10.2 Å². The highest BCUT2D eigenvalue weighted by molar-refractivity contribution is 5.96. The summed E-state index contributed by atoms with van der Waals surface area (Å²) in [6, 6.07) is 15.3. The number of nitrogens with one attached hydrogen (secondary N) is 1. The summed E-state index contributed by atoms with van der Waals surface area (Å²) in [5, 5.41) is 14.5. The number of amides is 2. The van der Waals surface area contributed by atoms with Gasteiger partial charge < -0.3 is 14.6 Å². The average Bonchev–Trinajstić information content (AvgIpc) is 3.22. The first-order chi connectivity index (χ1) is 15.0. The number of fused-ring (bicyclic) bond motifs is 1. The topological polar surface area (TPSA) is 106 Å². The van der Waals surface area contributed by atoms with Crippen molar-refractivity contribution in [1.29, 1.82) is 0 Å². The minimum Gasteiger partial charge on any atom is -0.451 e. The van der Waals surface area contributed by atoms with Crippen LogP contribution in [0.5, 0.6) is 0 Å². The molecule has 2 heterocycles. The molecule has 0 atom stereocenters. The van der Waals surface area contributed by atoms with Crippen molar-refractivity contribution in [2.24, 2.45) is 5.92 Å². The smallest absolute Gasteiger partial charge is 0.289 e. The number of hydrogen-bond acceptors (Lipinski definition) is 5. The van der Waals surface area contributed by atoms with Gasteiger partial charge in [-0.05, 0) is 36.5 Å². The van der Waals surface area contributed by atoms with Crippen molar-refractivity contribution in [3.63, 3.8) is 0 Å². The van der Waals surface area contributed by atoms with Crippen LogP contribution in [0.3, 0.4) is 0 Å². The van der Waals surface area contributed by atoms with Gasteiger partial charge in [-0.1, -0.05) is 30.3 Å². The van der Waals surface area contributed by atoms with E-state index in [2.05, 4.69) is 5.32 Å². The molecule has 8 heteroatoms. The molecule has 0 aliphatic carbocycles. The molecule has 0 spiro atoms. The first-order valence-electron chi connectivity index (χ1n) is 10.3. The molecule has 1 saturated heterocycles. The van der Waals surface area contributed by atoms with Crippen LogP contribution in [0.1, 0.15) is 29.0 Å². The zero-order chi connectivity index (χ0) is 21.8. The highest BCUT2D eigenvalue weighted by Gasteiger charge is 2.26. The zero-order valence-corrected chi connectivity index (χ0v) is 17.0. The first-order valence-corrected chi connectivity index (χ1v) is 10.3. The Morgan fingerprint density at radius 1 is 1.10 bits per heavy atom. The Balaban J connectivity index is 1.23. The number of likely N-dealkylation sites (tertiary alicyclic amines) is 1. The van der Waals surface area contributed by atoms with Crippen molar-refractivity contribution in [2.75, 3.05) is 19.6 Å². The van der Waals surface area contributed by atoms with Gasteiger partial charge in [0, 0.05) is 37.2 Å². The Morgan fingerprint density at radius 3 is 2.48 bits per heavy atom. The molecule has 31 heavy (non-hydrogen) atoms. The number of carbonyl (C=O) groups is 2. The van der Waals surface area contributed by atoms with Crippen molar-refractivity contribution < 1.29 is 18.9 Å². The lowest BCUT2D eigenvalue weighted by atomic mass is 9.96. The molecule has 2 amide bonds. The molecular weight excluding hydrogens is 398 g/mol. The van der Waals surface area contributed by atoms with E-state index in [1.165, 1.54) is 12.1 Å². The predicted molar refractivity (Wildman–Crippen MR) is 115 cm³/mol. The maximum Gasteiger partial charge on any atom is 0.289 e. The number of furan rings is 1. The number of nitrogens with zero attached hydrogens (tertiary/aromatic N) is 2. The third kappa shape index (κ3) is 4.91. The molecule has 1 aromatic heterocycles. The molecule has 1 aliphatic heterocycles. The maximum absolute atomic E-state index is 12.7. The number of nitro groups is 1. The summed E-state index contributed by atoms with van der Waals surface area (Å²) in [6.45, 7) is 1.80. The summed E-state index contributed by atoms with van der Waals surface area (Å²) < 4.78 is 5.68. The fourth-order valence-electron chi connectivity index (χ4n) is 3.82. The van der Waals surface area contributed by atoms with Crippen LogP contribution >= 0.6 is 0 Å². The number of para-hydroxylation sites is 1. The number of piperidine rings is 1. The number of rotatable bonds is 6. The van der Waals surface area contributed by atoms with Gasteiger partial charge in [0.15, 0.2) is 5.76 Å². The summed E-state index contributed by atoms with van der Waals surface area (Å²) in [7, 11) is 0. The fraction of sp³-hybridized carbons (Fsp3) is 0.304. The van der Waals surface area contributed by atoms with Crippen molar-refractivity contribution in [2.45, 2.75) is 19.3 Å². The van der Waals surface area contributed by atoms with E-state index in [9.17, 15) is 19.7 Å². The lowest BCUT2D eigenvalue weighted by Gasteiger charge is -2.31. The van der Waals surface area contributed by atoms with Gasteiger partial charge in [0.1, 0.15) is 5.58 Å². The standard InChI is InChI=1S/C23H23N3O5/c27-22(13-16-5-7-19(8-6-16)26(29)30)24-15-17-9-11-25(12-10-17)23(28)21-14-18-3-1-2-4-20(18)31-21/h1-8,14,17H,9-13,15H2,(H,24,27). The Hall–Kier alpha value is -3.68. The van der Waals surface area contributed by atoms with Gasteiger partial charge in [0.25, 0.3) is 11.6 Å². The predicted octanol–water partition coefficient (Wildman–Crippen LogP) is 3.55. The van der Waals surface area contributed by atoms with E-state index in [1.54, 1.807) is 23.1 Å². The van der Waals surface area contributed by atoms with Crippen LogP contribution in [0.2, 0.25) is 0 Å². The molecule has 1 fully saturated rings. The van der Waals surface area contributed by atoms with E-state index < -0.39 is 4.92 Å². The van der Waals surface area contributed by atoms with Crippen LogP contribution < -0.4 is 5.32 Å². The Labute approximate surface area is 179 Å². The van der Waals surface area contributed by atoms with E-state index in [1.807, 2.05) is 24.3 Å². The Morgan fingerprint density at radius 2 is 1.81 bits per heavy atom. The van der Waals surface area contributed by atoms with Gasteiger partial charge in [0.05, 0.1) is 11.3 Å². The third-order valence-electron chi connectivity index (χ3n) is 5.64. The van der Waals surface area contributed by atoms with Gasteiger partial charge >= 0.3 is 0 Å². The van der Waals surface area contributed by atoms with Crippen molar-refractivity contribution in [3.8, 4) is 0 Å². The molecule has 4 rings (SSSR count). The molecule has 2 aromatic carbocycles. The quantitative estimate of drug-likeness (QED) is 0.484. The molecule has 1 aliphatic rings. The molecule has 3 aromatic rings. The molecule has 0 radical (unpaired) electrons. The summed E-state index contributed by atoms with van der Waals surface area (Å²) in [5.74, 6) is 0.447. The molecule has 8 nitrogen and oxygen atoms in total. The van der Waals surface area contributed by atoms with Crippen LogP contribution in [0.25, 0.3) is 11.0 Å². The zero-order valence-electron chi connectivity index (χ0n) is 17.0. The molecule has 0 saturated carbocycles. The van der Waals surface area contributed by atoms with Crippen LogP contribution in [-0.2, 0) is 11.2 Å². The van der Waals surface area contributed by atoms with Gasteiger partial charge in [-0.2, -0.15) is 0 Å². The van der Waals surface area contributed by atoms with Gasteiger partial charge in [-0.3, -0.25) is 19.7 Å². The van der Waals surface area contributed by atoms with Crippen LogP contribution in [0, 0.1) is 16.0 Å². The maximum atomic E-state index is 12.7. The van der Waals surface area contributed by atoms with Crippen molar-refractivity contribution in [3.05, 3.63) is 76.0 Å². The fourth-order valence-corrected chi connectivity index (χ4v) is 3.82. The third-order valence-corrected chi connectivity index (χ3v) is 5.64. The van der Waals surface area contributed by atoms with Gasteiger partial charge in [-0.25, -0.2) is 0 Å². The summed E-state index contributed by atoms with van der Waals surface area (Å²) in [4.78, 5) is 37.0. The average molecular weight is 421 g/mol. The highest BCUT2D eigenvalue weighted by atomic mass is 16.6. The van der Waals surface area contributed by atoms with E-state index in [0.717, 1.165) is 23.8 Å². The first kappa shape index (κ1) is 20.6. The minimum atomic E-state index is -0.463. The van der Waals surface area contributed by atoms with E-state index in [-0.39, 0.29) is 23.9 Å². The SMILES string of the molecule is O=C(Cc1ccc([N+](=O)[O-])cc1)NCC1CCN(C(=O)c2cc3ccccc3o2)CC1. The lowest BCUT2D eigenvalue weighted by Crippen LogP contribution is -2.41. The largest absolute Gasteiger partial charge is 0.451 e. The second kappa shape index (κ2) is 8.99. The molecular formula is C23H23N3O5. The van der Waals surface area contributed by atoms with Gasteiger partial charge in [0.2, 0.25) is 5.91 Å². The van der Waals surface area contributed by atoms with E-state index in [4.69, 9.17) is 4.42 Å². The van der Waals surface area contributed by atoms with Gasteiger partial charge in [-0.15, -0.1) is 0 Å².